The number of anilines is 1. The number of carbonyl (C=O) groups excluding carboxylic acids is 1. The van der Waals surface area contributed by atoms with E-state index in [-0.39, 0.29) is 17.6 Å². The summed E-state index contributed by atoms with van der Waals surface area (Å²) in [6, 6.07) is 3.35. The van der Waals surface area contributed by atoms with Crippen LogP contribution in [-0.2, 0) is 24.6 Å². The standard InChI is InChI=1S/C19H20F3N5O.C3H8.C2H2.CH2O/c1-4-27-14(19(20,21)22)8-13-16(18(27)28)26(3)17(25-13)15-10(2)7-12(9-23-15)24-11-5-6-11;1-3-2;2*1-2/h7-9,11,24H,4-6H2,1-3H3;3H2,1-2H3;1-2H;1H2. The first-order valence-electron chi connectivity index (χ1n) is 11.1. The molecule has 3 aromatic heterocycles. The molecule has 0 bridgehead atoms. The summed E-state index contributed by atoms with van der Waals surface area (Å²) in [5.74, 6) is 0.365. The zero-order valence-corrected chi connectivity index (χ0v) is 20.7. The fraction of sp³-hybridized carbons (Fsp3) is 0.440. The largest absolute Gasteiger partial charge is 0.431 e. The molecule has 35 heavy (non-hydrogen) atoms. The second-order valence-corrected chi connectivity index (χ2v) is 7.82. The average molecular weight is 492 g/mol. The summed E-state index contributed by atoms with van der Waals surface area (Å²) in [6.45, 7) is 9.55. The zero-order valence-electron chi connectivity index (χ0n) is 20.7. The van der Waals surface area contributed by atoms with Gasteiger partial charge >= 0.3 is 6.18 Å². The molecular formula is C25H32F3N5O2. The highest BCUT2D eigenvalue weighted by Gasteiger charge is 2.35. The molecule has 0 aromatic carbocycles. The molecule has 1 fully saturated rings. The molecule has 1 saturated carbocycles. The Morgan fingerprint density at radius 1 is 1.17 bits per heavy atom. The highest BCUT2D eigenvalue weighted by atomic mass is 19.4. The third-order valence-electron chi connectivity index (χ3n) is 4.98. The lowest BCUT2D eigenvalue weighted by molar-refractivity contribution is -0.144. The van der Waals surface area contributed by atoms with Crippen LogP contribution in [0.25, 0.3) is 22.6 Å². The van der Waals surface area contributed by atoms with Crippen molar-refractivity contribution in [2.75, 3.05) is 5.32 Å². The number of rotatable bonds is 4. The summed E-state index contributed by atoms with van der Waals surface area (Å²) in [6.07, 6.45) is 8.57. The van der Waals surface area contributed by atoms with E-state index < -0.39 is 17.4 Å². The number of hydrogen-bond donors (Lipinski definition) is 1. The monoisotopic (exact) mass is 491 g/mol. The summed E-state index contributed by atoms with van der Waals surface area (Å²) >= 11 is 0. The lowest BCUT2D eigenvalue weighted by Crippen LogP contribution is -2.28. The maximum Gasteiger partial charge on any atom is 0.431 e. The minimum absolute atomic E-state index is 0.0147. The summed E-state index contributed by atoms with van der Waals surface area (Å²) in [4.78, 5) is 29.5. The number of nitrogens with zero attached hydrogens (tertiary/aromatic N) is 4. The lowest BCUT2D eigenvalue weighted by Gasteiger charge is -2.14. The van der Waals surface area contributed by atoms with Gasteiger partial charge < -0.3 is 19.2 Å². The molecule has 0 radical (unpaired) electrons. The van der Waals surface area contributed by atoms with Crippen LogP contribution in [0, 0.1) is 19.8 Å². The van der Waals surface area contributed by atoms with Crippen molar-refractivity contribution in [3.63, 3.8) is 0 Å². The lowest BCUT2D eigenvalue weighted by atomic mass is 10.2. The molecule has 0 saturated heterocycles. The first-order chi connectivity index (χ1) is 16.6. The molecule has 1 N–H and O–H groups in total. The Balaban J connectivity index is 0.000000797. The van der Waals surface area contributed by atoms with Crippen LogP contribution in [0.1, 0.15) is 51.3 Å². The zero-order chi connectivity index (χ0) is 26.9. The van der Waals surface area contributed by atoms with E-state index in [9.17, 15) is 18.0 Å². The maximum atomic E-state index is 13.4. The molecule has 0 spiro atoms. The predicted octanol–water partition coefficient (Wildman–Crippen LogP) is 5.20. The van der Waals surface area contributed by atoms with E-state index in [1.807, 2.05) is 19.8 Å². The Morgan fingerprint density at radius 3 is 2.20 bits per heavy atom. The number of alkyl halides is 3. The maximum absolute atomic E-state index is 13.4. The first kappa shape index (κ1) is 29.4. The van der Waals surface area contributed by atoms with E-state index in [1.165, 1.54) is 17.9 Å². The van der Waals surface area contributed by atoms with Gasteiger partial charge in [-0.3, -0.25) is 9.78 Å². The number of imidazole rings is 1. The predicted molar refractivity (Wildman–Crippen MR) is 133 cm³/mol. The van der Waals surface area contributed by atoms with Crippen LogP contribution in [-0.4, -0.2) is 31.9 Å². The van der Waals surface area contributed by atoms with Crippen LogP contribution in [0.3, 0.4) is 0 Å². The molecule has 3 heterocycles. The third kappa shape index (κ3) is 6.72. The van der Waals surface area contributed by atoms with E-state index in [2.05, 4.69) is 42.0 Å². The van der Waals surface area contributed by atoms with Crippen LogP contribution < -0.4 is 10.9 Å². The second-order valence-electron chi connectivity index (χ2n) is 7.82. The van der Waals surface area contributed by atoms with Crippen LogP contribution in [0.15, 0.2) is 23.1 Å². The summed E-state index contributed by atoms with van der Waals surface area (Å²) in [5, 5.41) is 3.36. The number of halogens is 3. The summed E-state index contributed by atoms with van der Waals surface area (Å²) in [7, 11) is 1.62. The van der Waals surface area contributed by atoms with Crippen LogP contribution >= 0.6 is 0 Å². The summed E-state index contributed by atoms with van der Waals surface area (Å²) in [5.41, 5.74) is 0.707. The van der Waals surface area contributed by atoms with Gasteiger partial charge in [0.25, 0.3) is 5.56 Å². The minimum Gasteiger partial charge on any atom is -0.381 e. The molecule has 3 aromatic rings. The van der Waals surface area contributed by atoms with Crippen molar-refractivity contribution < 1.29 is 18.0 Å². The van der Waals surface area contributed by atoms with Gasteiger partial charge in [0.05, 0.1) is 17.4 Å². The van der Waals surface area contributed by atoms with Crippen molar-refractivity contribution in [2.24, 2.45) is 7.05 Å². The van der Waals surface area contributed by atoms with Crippen LogP contribution in [0.5, 0.6) is 0 Å². The Morgan fingerprint density at radius 2 is 1.74 bits per heavy atom. The van der Waals surface area contributed by atoms with Gasteiger partial charge in [0, 0.05) is 19.6 Å². The molecule has 1 aliphatic carbocycles. The van der Waals surface area contributed by atoms with Crippen LogP contribution in [0.2, 0.25) is 0 Å². The van der Waals surface area contributed by atoms with Gasteiger partial charge in [0.1, 0.15) is 23.7 Å². The minimum atomic E-state index is -4.63. The smallest absolute Gasteiger partial charge is 0.381 e. The molecule has 0 amide bonds. The Hall–Kier alpha value is -3.61. The quantitative estimate of drug-likeness (QED) is 0.508. The Labute approximate surface area is 203 Å². The van der Waals surface area contributed by atoms with Crippen LogP contribution in [0.4, 0.5) is 18.9 Å². The number of aromatic nitrogens is 4. The van der Waals surface area contributed by atoms with E-state index >= 15 is 0 Å². The van der Waals surface area contributed by atoms with Crippen molar-refractivity contribution in [3.8, 4) is 24.4 Å². The first-order valence-corrected chi connectivity index (χ1v) is 11.1. The highest BCUT2D eigenvalue weighted by Crippen LogP contribution is 2.32. The van der Waals surface area contributed by atoms with Crippen molar-refractivity contribution >= 4 is 23.5 Å². The van der Waals surface area contributed by atoms with Crippen molar-refractivity contribution in [1.82, 2.24) is 19.1 Å². The Kier molecular flexibility index (Phi) is 10.7. The van der Waals surface area contributed by atoms with Gasteiger partial charge in [-0.2, -0.15) is 13.2 Å². The van der Waals surface area contributed by atoms with E-state index in [4.69, 9.17) is 4.79 Å². The van der Waals surface area contributed by atoms with Gasteiger partial charge in [-0.1, -0.05) is 20.3 Å². The number of aryl methyl sites for hydroxylation is 2. The SMILES string of the molecule is C#C.C=O.CCC.CCn1c(C(F)(F)F)cc2nc(-c3ncc(NC4CC4)cc3C)n(C)c2c1=O. The fourth-order valence-electron chi connectivity index (χ4n) is 3.43. The molecule has 7 nitrogen and oxygen atoms in total. The molecule has 0 aliphatic heterocycles. The number of hydrogen-bond acceptors (Lipinski definition) is 5. The topological polar surface area (TPSA) is 81.8 Å². The number of fused-ring (bicyclic) bond motifs is 1. The molecule has 0 unspecified atom stereocenters. The fourth-order valence-corrected chi connectivity index (χ4v) is 3.43. The second kappa shape index (κ2) is 12.7. The van der Waals surface area contributed by atoms with Gasteiger partial charge in [-0.15, -0.1) is 12.8 Å². The van der Waals surface area contributed by atoms with Crippen molar-refractivity contribution in [3.05, 3.63) is 39.9 Å². The molecule has 4 rings (SSSR count). The van der Waals surface area contributed by atoms with Gasteiger partial charge in [0.15, 0.2) is 5.82 Å². The molecule has 1 aliphatic rings. The van der Waals surface area contributed by atoms with Gasteiger partial charge in [0.2, 0.25) is 0 Å². The van der Waals surface area contributed by atoms with Gasteiger partial charge in [-0.25, -0.2) is 4.98 Å². The highest BCUT2D eigenvalue weighted by molar-refractivity contribution is 5.80. The molecular weight excluding hydrogens is 459 g/mol. The number of terminal acetylenes is 1. The average Bonchev–Trinajstić information content (AvgIpc) is 3.57. The number of nitrogens with one attached hydrogen (secondary N) is 1. The van der Waals surface area contributed by atoms with Crippen molar-refractivity contribution in [2.45, 2.75) is 65.7 Å². The van der Waals surface area contributed by atoms with Crippen molar-refractivity contribution in [1.29, 1.82) is 0 Å². The number of pyridine rings is 2. The van der Waals surface area contributed by atoms with E-state index in [0.29, 0.717) is 17.6 Å². The van der Waals surface area contributed by atoms with Gasteiger partial charge in [-0.05, 0) is 44.4 Å². The van der Waals surface area contributed by atoms with E-state index in [0.717, 1.165) is 34.7 Å². The Bertz CT molecular complexity index is 1210. The molecule has 0 atom stereocenters. The number of carbonyl (C=O) groups is 1. The molecule has 10 heteroatoms. The molecule has 190 valence electrons. The van der Waals surface area contributed by atoms with E-state index in [1.54, 1.807) is 13.2 Å². The third-order valence-corrected chi connectivity index (χ3v) is 4.98. The normalized spacial score (nSPS) is 12.4. The summed E-state index contributed by atoms with van der Waals surface area (Å²) < 4.78 is 42.4.